The average molecular weight is 504 g/mol. The van der Waals surface area contributed by atoms with Crippen LogP contribution in [0, 0.1) is 13.8 Å². The molecule has 38 heavy (non-hydrogen) atoms. The van der Waals surface area contributed by atoms with Crippen LogP contribution in [-0.4, -0.2) is 15.0 Å². The molecular weight excluding hydrogens is 474 g/mol. The Morgan fingerprint density at radius 3 is 1.82 bits per heavy atom. The van der Waals surface area contributed by atoms with Crippen molar-refractivity contribution in [2.75, 3.05) is 0 Å². The molecule has 0 saturated heterocycles. The van der Waals surface area contributed by atoms with Gasteiger partial charge in [0, 0.05) is 12.1 Å². The van der Waals surface area contributed by atoms with Crippen molar-refractivity contribution < 1.29 is 4.79 Å². The van der Waals surface area contributed by atoms with Gasteiger partial charge in [-0.25, -0.2) is 4.79 Å². The van der Waals surface area contributed by atoms with Gasteiger partial charge in [0.25, 0.3) is 11.5 Å². The van der Waals surface area contributed by atoms with Crippen LogP contribution in [-0.2, 0) is 19.6 Å². The maximum atomic E-state index is 13.6. The van der Waals surface area contributed by atoms with E-state index in [0.717, 1.165) is 22.3 Å². The lowest BCUT2D eigenvalue weighted by Gasteiger charge is -2.15. The fourth-order valence-corrected chi connectivity index (χ4v) is 4.47. The number of nitrogens with zero attached hydrogens (tertiary/aromatic N) is 2. The van der Waals surface area contributed by atoms with E-state index in [2.05, 4.69) is 5.32 Å². The quantitative estimate of drug-likeness (QED) is 0.347. The zero-order valence-corrected chi connectivity index (χ0v) is 21.5. The van der Waals surface area contributed by atoms with Crippen LogP contribution >= 0.6 is 0 Å². The predicted octanol–water partition coefficient (Wildman–Crippen LogP) is 4.81. The second kappa shape index (κ2) is 10.7. The lowest BCUT2D eigenvalue weighted by Crippen LogP contribution is -2.40. The lowest BCUT2D eigenvalue weighted by atomic mass is 10.1. The van der Waals surface area contributed by atoms with Crippen LogP contribution in [0.5, 0.6) is 0 Å². The zero-order chi connectivity index (χ0) is 26.6. The van der Waals surface area contributed by atoms with Gasteiger partial charge >= 0.3 is 5.69 Å². The van der Waals surface area contributed by atoms with E-state index in [0.29, 0.717) is 29.6 Å². The Kier molecular flexibility index (Phi) is 7.05. The molecule has 0 saturated carbocycles. The molecule has 0 unspecified atom stereocenters. The third-order valence-electron chi connectivity index (χ3n) is 6.72. The minimum Gasteiger partial charge on any atom is -0.348 e. The number of para-hydroxylation sites is 1. The number of benzene rings is 4. The third-order valence-corrected chi connectivity index (χ3v) is 6.72. The fraction of sp³-hybridized carbons (Fsp3) is 0.156. The SMILES string of the molecule is Cc1ccc(CNC(=O)c2ccc(Cn3c(=O)c4ccccc4n(Cc4ccc(C)cc4)c3=O)cc2)cc1. The number of hydrogen-bond acceptors (Lipinski definition) is 3. The second-order valence-electron chi connectivity index (χ2n) is 9.63. The molecule has 1 N–H and O–H groups in total. The number of amides is 1. The van der Waals surface area contributed by atoms with Gasteiger partial charge in [-0.3, -0.25) is 18.7 Å². The largest absolute Gasteiger partial charge is 0.348 e. The van der Waals surface area contributed by atoms with Crippen molar-refractivity contribution >= 4 is 16.8 Å². The summed E-state index contributed by atoms with van der Waals surface area (Å²) in [6, 6.07) is 30.2. The molecule has 4 aromatic carbocycles. The molecule has 6 nitrogen and oxygen atoms in total. The number of hydrogen-bond donors (Lipinski definition) is 1. The molecule has 0 aliphatic carbocycles. The summed E-state index contributed by atoms with van der Waals surface area (Å²) in [6.45, 7) is 4.95. The molecule has 0 aliphatic heterocycles. The topological polar surface area (TPSA) is 73.1 Å². The molecule has 1 heterocycles. The van der Waals surface area contributed by atoms with Gasteiger partial charge in [0.05, 0.1) is 24.0 Å². The van der Waals surface area contributed by atoms with Gasteiger partial charge in [0.2, 0.25) is 0 Å². The number of nitrogens with one attached hydrogen (secondary N) is 1. The number of rotatable bonds is 7. The molecule has 1 amide bonds. The van der Waals surface area contributed by atoms with Crippen LogP contribution < -0.4 is 16.6 Å². The van der Waals surface area contributed by atoms with E-state index in [4.69, 9.17) is 0 Å². The second-order valence-corrected chi connectivity index (χ2v) is 9.63. The van der Waals surface area contributed by atoms with Crippen LogP contribution in [0.3, 0.4) is 0 Å². The number of aromatic nitrogens is 2. The standard InChI is InChI=1S/C32H29N3O3/c1-22-7-11-24(12-8-22)19-33-30(36)27-17-15-26(16-18-27)21-35-31(37)28-5-3-4-6-29(28)34(32(35)38)20-25-13-9-23(2)10-14-25/h3-18H,19-21H2,1-2H3,(H,33,36). The molecule has 0 atom stereocenters. The van der Waals surface area contributed by atoms with E-state index in [1.54, 1.807) is 47.0 Å². The Morgan fingerprint density at radius 2 is 1.18 bits per heavy atom. The van der Waals surface area contributed by atoms with Gasteiger partial charge in [-0.1, -0.05) is 83.9 Å². The first kappa shape index (κ1) is 25.0. The number of carbonyl (C=O) groups excluding carboxylic acids is 1. The monoisotopic (exact) mass is 503 g/mol. The molecule has 190 valence electrons. The smallest absolute Gasteiger partial charge is 0.332 e. The van der Waals surface area contributed by atoms with Gasteiger partial charge in [0.15, 0.2) is 0 Å². The predicted molar refractivity (Wildman–Crippen MR) is 151 cm³/mol. The summed E-state index contributed by atoms with van der Waals surface area (Å²) >= 11 is 0. The molecular formula is C32H29N3O3. The van der Waals surface area contributed by atoms with Gasteiger partial charge in [-0.15, -0.1) is 0 Å². The molecule has 0 aliphatic rings. The minimum atomic E-state index is -0.366. The van der Waals surface area contributed by atoms with Crippen molar-refractivity contribution in [3.05, 3.63) is 151 Å². The first-order chi connectivity index (χ1) is 18.4. The molecule has 6 heteroatoms. The highest BCUT2D eigenvalue weighted by molar-refractivity contribution is 5.94. The molecule has 5 aromatic rings. The number of carbonyl (C=O) groups is 1. The van der Waals surface area contributed by atoms with Crippen molar-refractivity contribution in [1.29, 1.82) is 0 Å². The van der Waals surface area contributed by atoms with Crippen molar-refractivity contribution in [3.63, 3.8) is 0 Å². The van der Waals surface area contributed by atoms with E-state index in [1.165, 1.54) is 10.1 Å². The number of fused-ring (bicyclic) bond motifs is 1. The summed E-state index contributed by atoms with van der Waals surface area (Å²) in [7, 11) is 0. The molecule has 0 bridgehead atoms. The van der Waals surface area contributed by atoms with E-state index >= 15 is 0 Å². The summed E-state index contributed by atoms with van der Waals surface area (Å²) in [5.74, 6) is -0.180. The summed E-state index contributed by atoms with van der Waals surface area (Å²) in [6.07, 6.45) is 0. The van der Waals surface area contributed by atoms with Gasteiger partial charge in [0.1, 0.15) is 0 Å². The highest BCUT2D eigenvalue weighted by Crippen LogP contribution is 2.13. The average Bonchev–Trinajstić information content (AvgIpc) is 2.94. The Bertz CT molecular complexity index is 1710. The summed E-state index contributed by atoms with van der Waals surface area (Å²) < 4.78 is 2.91. The minimum absolute atomic E-state index is 0.113. The van der Waals surface area contributed by atoms with Gasteiger partial charge < -0.3 is 5.32 Å². The van der Waals surface area contributed by atoms with E-state index in [1.807, 2.05) is 68.4 Å². The molecule has 0 fully saturated rings. The maximum absolute atomic E-state index is 13.6. The highest BCUT2D eigenvalue weighted by atomic mass is 16.2. The third kappa shape index (κ3) is 5.34. The number of aryl methyl sites for hydroxylation is 2. The van der Waals surface area contributed by atoms with Crippen molar-refractivity contribution in [2.24, 2.45) is 0 Å². The highest BCUT2D eigenvalue weighted by Gasteiger charge is 2.14. The van der Waals surface area contributed by atoms with Crippen LogP contribution in [0.15, 0.2) is 107 Å². The van der Waals surface area contributed by atoms with Crippen LogP contribution in [0.2, 0.25) is 0 Å². The normalized spacial score (nSPS) is 11.0. The Labute approximate surface area is 220 Å². The fourth-order valence-electron chi connectivity index (χ4n) is 4.47. The zero-order valence-electron chi connectivity index (χ0n) is 21.5. The lowest BCUT2D eigenvalue weighted by molar-refractivity contribution is 0.0951. The molecule has 1 aromatic heterocycles. The summed E-state index contributed by atoms with van der Waals surface area (Å²) in [5, 5.41) is 3.42. The molecule has 0 radical (unpaired) electrons. The van der Waals surface area contributed by atoms with Crippen molar-refractivity contribution in [2.45, 2.75) is 33.5 Å². The van der Waals surface area contributed by atoms with Gasteiger partial charge in [-0.05, 0) is 54.8 Å². The van der Waals surface area contributed by atoms with Crippen LogP contribution in [0.25, 0.3) is 10.9 Å². The van der Waals surface area contributed by atoms with E-state index < -0.39 is 0 Å². The van der Waals surface area contributed by atoms with E-state index in [9.17, 15) is 14.4 Å². The maximum Gasteiger partial charge on any atom is 0.332 e. The molecule has 0 spiro atoms. The van der Waals surface area contributed by atoms with Crippen molar-refractivity contribution in [1.82, 2.24) is 14.5 Å². The van der Waals surface area contributed by atoms with Crippen LogP contribution in [0.4, 0.5) is 0 Å². The first-order valence-electron chi connectivity index (χ1n) is 12.6. The Hall–Kier alpha value is -4.71. The summed E-state index contributed by atoms with van der Waals surface area (Å²) in [5.41, 5.74) is 5.51. The van der Waals surface area contributed by atoms with Crippen molar-refractivity contribution in [3.8, 4) is 0 Å². The summed E-state index contributed by atoms with van der Waals surface area (Å²) in [4.78, 5) is 39.5. The first-order valence-corrected chi connectivity index (χ1v) is 12.6. The molecule has 5 rings (SSSR count). The van der Waals surface area contributed by atoms with Crippen LogP contribution in [0.1, 0.15) is 38.2 Å². The Morgan fingerprint density at radius 1 is 0.658 bits per heavy atom. The van der Waals surface area contributed by atoms with Gasteiger partial charge in [-0.2, -0.15) is 0 Å². The van der Waals surface area contributed by atoms with E-state index in [-0.39, 0.29) is 23.7 Å². The Balaban J connectivity index is 1.39.